The van der Waals surface area contributed by atoms with Gasteiger partial charge >= 0.3 is 5.97 Å². The number of rotatable bonds is 6. The van der Waals surface area contributed by atoms with Crippen LogP contribution in [0.25, 0.3) is 0 Å². The number of hydrogen-bond donors (Lipinski definition) is 0. The van der Waals surface area contributed by atoms with Crippen LogP contribution in [0, 0.1) is 28.6 Å². The number of hydrogen-bond acceptors (Lipinski definition) is 2. The first-order valence-corrected chi connectivity index (χ1v) is 11.1. The predicted octanol–water partition coefficient (Wildman–Crippen LogP) is 6.63. The van der Waals surface area contributed by atoms with Gasteiger partial charge in [-0.2, -0.15) is 0 Å². The lowest BCUT2D eigenvalue weighted by Gasteiger charge is -2.61. The van der Waals surface area contributed by atoms with E-state index in [1.54, 1.807) is 0 Å². The van der Waals surface area contributed by atoms with Crippen molar-refractivity contribution >= 4 is 5.97 Å². The average Bonchev–Trinajstić information content (AvgIpc) is 3.02. The number of ether oxygens (including phenoxy) is 1. The fourth-order valence-corrected chi connectivity index (χ4v) is 6.82. The first kappa shape index (κ1) is 20.4. The molecule has 1 aliphatic heterocycles. The van der Waals surface area contributed by atoms with E-state index in [2.05, 4.69) is 40.3 Å². The van der Waals surface area contributed by atoms with E-state index in [1.165, 1.54) is 50.5 Å². The molecule has 27 heavy (non-hydrogen) atoms. The van der Waals surface area contributed by atoms with Gasteiger partial charge in [0, 0.05) is 5.92 Å². The molecule has 0 spiro atoms. The molecule has 0 aromatic carbocycles. The van der Waals surface area contributed by atoms with E-state index < -0.39 is 0 Å². The summed E-state index contributed by atoms with van der Waals surface area (Å²) in [4.78, 5) is 11.8. The first-order chi connectivity index (χ1) is 12.9. The summed E-state index contributed by atoms with van der Waals surface area (Å²) in [5.41, 5.74) is 2.74. The maximum absolute atomic E-state index is 11.8. The Morgan fingerprint density at radius 1 is 1.26 bits per heavy atom. The molecule has 0 saturated heterocycles. The Kier molecular flexibility index (Phi) is 6.03. The molecule has 3 aliphatic rings. The molecule has 0 aromatic rings. The highest BCUT2D eigenvalue weighted by atomic mass is 16.5. The molecule has 2 aliphatic carbocycles. The first-order valence-electron chi connectivity index (χ1n) is 11.1. The maximum atomic E-state index is 11.8. The van der Waals surface area contributed by atoms with Crippen molar-refractivity contribution in [3.8, 4) is 0 Å². The summed E-state index contributed by atoms with van der Waals surface area (Å²) in [5.74, 6) is 1.77. The van der Waals surface area contributed by atoms with Crippen molar-refractivity contribution in [1.82, 2.24) is 0 Å². The van der Waals surface area contributed by atoms with Gasteiger partial charge in [0.15, 0.2) is 0 Å². The van der Waals surface area contributed by atoms with E-state index in [9.17, 15) is 4.79 Å². The number of carbonyl (C=O) groups is 1. The van der Waals surface area contributed by atoms with Gasteiger partial charge in [-0.1, -0.05) is 71.3 Å². The van der Waals surface area contributed by atoms with Crippen molar-refractivity contribution in [2.24, 2.45) is 28.6 Å². The number of allylic oxidation sites excluding steroid dienone is 2. The summed E-state index contributed by atoms with van der Waals surface area (Å²) < 4.78 is 5.06. The van der Waals surface area contributed by atoms with E-state index in [1.807, 2.05) is 12.2 Å². The van der Waals surface area contributed by atoms with Gasteiger partial charge in [-0.15, -0.1) is 0 Å². The van der Waals surface area contributed by atoms with Gasteiger partial charge in [0.1, 0.15) is 6.61 Å². The highest BCUT2D eigenvalue weighted by Gasteiger charge is 2.56. The molecule has 2 nitrogen and oxygen atoms in total. The van der Waals surface area contributed by atoms with Crippen LogP contribution >= 0.6 is 0 Å². The van der Waals surface area contributed by atoms with Gasteiger partial charge in [0.25, 0.3) is 0 Å². The SMILES string of the molecule is C=C1CCC2[C@](C)(CCC)[C@H](CCC)CC[C@@]2(C)[C@@H]1/C=C/C1=CCOC1=O. The zero-order valence-corrected chi connectivity index (χ0v) is 17.9. The van der Waals surface area contributed by atoms with E-state index in [0.717, 1.165) is 18.3 Å². The number of fused-ring (bicyclic) bond motifs is 1. The minimum Gasteiger partial charge on any atom is -0.458 e. The van der Waals surface area contributed by atoms with E-state index >= 15 is 0 Å². The number of esters is 1. The average molecular weight is 371 g/mol. The fourth-order valence-electron chi connectivity index (χ4n) is 6.82. The molecule has 0 amide bonds. The highest BCUT2D eigenvalue weighted by Crippen LogP contribution is 2.65. The normalized spacial score (nSPS) is 39.4. The van der Waals surface area contributed by atoms with Gasteiger partial charge in [0.05, 0.1) is 5.57 Å². The predicted molar refractivity (Wildman–Crippen MR) is 112 cm³/mol. The Morgan fingerprint density at radius 3 is 2.67 bits per heavy atom. The van der Waals surface area contributed by atoms with Crippen LogP contribution in [-0.4, -0.2) is 12.6 Å². The van der Waals surface area contributed by atoms with Crippen LogP contribution in [0.3, 0.4) is 0 Å². The van der Waals surface area contributed by atoms with E-state index in [4.69, 9.17) is 4.74 Å². The van der Waals surface area contributed by atoms with E-state index in [-0.39, 0.29) is 11.4 Å². The van der Waals surface area contributed by atoms with Crippen molar-refractivity contribution in [2.75, 3.05) is 6.61 Å². The molecule has 0 N–H and O–H groups in total. The number of cyclic esters (lactones) is 1. The molecule has 2 heteroatoms. The second kappa shape index (κ2) is 7.97. The monoisotopic (exact) mass is 370 g/mol. The summed E-state index contributed by atoms with van der Waals surface area (Å²) in [5, 5.41) is 0. The van der Waals surface area contributed by atoms with Gasteiger partial charge in [-0.25, -0.2) is 4.79 Å². The lowest BCUT2D eigenvalue weighted by molar-refractivity contribution is -0.135. The van der Waals surface area contributed by atoms with Crippen molar-refractivity contribution in [1.29, 1.82) is 0 Å². The smallest absolute Gasteiger partial charge is 0.338 e. The minimum absolute atomic E-state index is 0.183. The molecule has 0 radical (unpaired) electrons. The summed E-state index contributed by atoms with van der Waals surface area (Å²) in [6, 6.07) is 0. The molecule has 1 heterocycles. The van der Waals surface area contributed by atoms with Crippen molar-refractivity contribution < 1.29 is 9.53 Å². The van der Waals surface area contributed by atoms with Crippen LogP contribution < -0.4 is 0 Å². The number of carbonyl (C=O) groups excluding carboxylic acids is 1. The summed E-state index contributed by atoms with van der Waals surface area (Å²) in [6.45, 7) is 14.6. The van der Waals surface area contributed by atoms with Crippen molar-refractivity contribution in [3.63, 3.8) is 0 Å². The summed E-state index contributed by atoms with van der Waals surface area (Å²) in [6.07, 6.45) is 16.4. The second-order valence-corrected chi connectivity index (χ2v) is 9.63. The third kappa shape index (κ3) is 3.57. The molecule has 1 unspecified atom stereocenters. The molecule has 0 aromatic heterocycles. The van der Waals surface area contributed by atoms with Crippen LogP contribution in [-0.2, 0) is 9.53 Å². The van der Waals surface area contributed by atoms with Crippen molar-refractivity contribution in [2.45, 2.75) is 79.1 Å². The van der Waals surface area contributed by atoms with E-state index in [0.29, 0.717) is 23.5 Å². The summed E-state index contributed by atoms with van der Waals surface area (Å²) >= 11 is 0. The Morgan fingerprint density at radius 2 is 2.04 bits per heavy atom. The second-order valence-electron chi connectivity index (χ2n) is 9.63. The summed E-state index contributed by atoms with van der Waals surface area (Å²) in [7, 11) is 0. The molecule has 150 valence electrons. The standard InChI is InChI=1S/C25H38O2/c1-6-8-20-13-16-25(5)21(11-10-19-14-17-27-23(19)26)18(3)9-12-22(25)24(20,4)15-7-2/h10-11,14,20-22H,3,6-9,12-13,15-17H2,1-2,4-5H3/b11-10+/t20-,21-,22?,24-,25+/m1/s1. The lowest BCUT2D eigenvalue weighted by Crippen LogP contribution is -2.53. The molecule has 2 fully saturated rings. The quantitative estimate of drug-likeness (QED) is 0.387. The molecular weight excluding hydrogens is 332 g/mol. The van der Waals surface area contributed by atoms with Crippen molar-refractivity contribution in [3.05, 3.63) is 36.0 Å². The van der Waals surface area contributed by atoms with Crippen LogP contribution in [0.5, 0.6) is 0 Å². The highest BCUT2D eigenvalue weighted by molar-refractivity contribution is 5.93. The minimum atomic E-state index is -0.183. The topological polar surface area (TPSA) is 26.3 Å². The third-order valence-electron chi connectivity index (χ3n) is 8.11. The van der Waals surface area contributed by atoms with Gasteiger partial charge in [-0.05, 0) is 60.8 Å². The Hall–Kier alpha value is -1.31. The van der Waals surface area contributed by atoms with Gasteiger partial charge in [-0.3, -0.25) is 0 Å². The Balaban J connectivity index is 1.92. The zero-order chi connectivity index (χ0) is 19.7. The zero-order valence-electron chi connectivity index (χ0n) is 17.9. The maximum Gasteiger partial charge on any atom is 0.338 e. The molecule has 0 bridgehead atoms. The van der Waals surface area contributed by atoms with Crippen LogP contribution in [0.2, 0.25) is 0 Å². The third-order valence-corrected chi connectivity index (χ3v) is 8.11. The Bertz CT molecular complexity index is 643. The Labute approximate surface area is 166 Å². The lowest BCUT2D eigenvalue weighted by atomic mass is 9.43. The molecule has 3 rings (SSSR count). The van der Waals surface area contributed by atoms with Crippen LogP contribution in [0.4, 0.5) is 0 Å². The molecular formula is C25H38O2. The van der Waals surface area contributed by atoms with Gasteiger partial charge in [0.2, 0.25) is 0 Å². The molecule has 2 saturated carbocycles. The largest absolute Gasteiger partial charge is 0.458 e. The van der Waals surface area contributed by atoms with Gasteiger partial charge < -0.3 is 4.74 Å². The fraction of sp³-hybridized carbons (Fsp3) is 0.720. The van der Waals surface area contributed by atoms with Crippen LogP contribution in [0.1, 0.15) is 79.1 Å². The van der Waals surface area contributed by atoms with Crippen LogP contribution in [0.15, 0.2) is 36.0 Å². The molecule has 5 atom stereocenters.